The Morgan fingerprint density at radius 1 is 1.32 bits per heavy atom. The molecule has 0 atom stereocenters. The molecule has 0 unspecified atom stereocenters. The molecule has 0 spiro atoms. The second-order valence-electron chi connectivity index (χ2n) is 4.05. The van der Waals surface area contributed by atoms with Gasteiger partial charge in [0.2, 0.25) is 0 Å². The summed E-state index contributed by atoms with van der Waals surface area (Å²) in [5.74, 6) is -0.230. The maximum Gasteiger partial charge on any atom is 0.123 e. The number of aliphatic hydroxyl groups is 1. The first-order valence-electron chi connectivity index (χ1n) is 6.07. The third kappa shape index (κ3) is 4.22. The van der Waals surface area contributed by atoms with Crippen LogP contribution in [0, 0.1) is 5.82 Å². The molecule has 2 aromatic rings. The molecule has 0 saturated heterocycles. The van der Waals surface area contributed by atoms with E-state index in [4.69, 9.17) is 5.11 Å². The van der Waals surface area contributed by atoms with Gasteiger partial charge in [-0.2, -0.15) is 5.10 Å². The number of rotatable bonds is 6. The molecular weight excluding hydrogens is 245 g/mol. The molecule has 0 radical (unpaired) electrons. The number of aliphatic hydroxyl groups excluding tert-OH is 1. The van der Waals surface area contributed by atoms with Crippen molar-refractivity contribution in [3.63, 3.8) is 0 Å². The van der Waals surface area contributed by atoms with Crippen molar-refractivity contribution >= 4 is 11.8 Å². The van der Waals surface area contributed by atoms with Crippen LogP contribution in [0.3, 0.4) is 0 Å². The molecule has 1 aromatic heterocycles. The fraction of sp³-hybridized carbons (Fsp3) is 0.214. The number of hydrogen-bond acceptors (Lipinski definition) is 3. The van der Waals surface area contributed by atoms with E-state index in [9.17, 15) is 4.39 Å². The highest BCUT2D eigenvalue weighted by Gasteiger charge is 1.95. The molecular formula is C14H16FN3O. The molecule has 2 rings (SSSR count). The molecule has 1 aromatic carbocycles. The van der Waals surface area contributed by atoms with Crippen LogP contribution < -0.4 is 5.32 Å². The second-order valence-corrected chi connectivity index (χ2v) is 4.05. The van der Waals surface area contributed by atoms with Gasteiger partial charge in [0.05, 0.1) is 25.0 Å². The molecule has 5 heteroatoms. The topological polar surface area (TPSA) is 50.1 Å². The zero-order chi connectivity index (χ0) is 13.5. The van der Waals surface area contributed by atoms with Gasteiger partial charge in [-0.15, -0.1) is 0 Å². The van der Waals surface area contributed by atoms with Gasteiger partial charge in [-0.25, -0.2) is 4.39 Å². The predicted octanol–water partition coefficient (Wildman–Crippen LogP) is 2.14. The number of hydrogen-bond donors (Lipinski definition) is 2. The van der Waals surface area contributed by atoms with Crippen molar-refractivity contribution in [3.05, 3.63) is 54.1 Å². The number of halogens is 1. The molecule has 0 bridgehead atoms. The van der Waals surface area contributed by atoms with Gasteiger partial charge < -0.3 is 10.4 Å². The van der Waals surface area contributed by atoms with E-state index in [0.717, 1.165) is 11.3 Å². The molecule has 100 valence electrons. The molecule has 1 heterocycles. The van der Waals surface area contributed by atoms with Crippen molar-refractivity contribution in [1.29, 1.82) is 0 Å². The number of aromatic nitrogens is 2. The van der Waals surface area contributed by atoms with Crippen LogP contribution in [0.5, 0.6) is 0 Å². The summed E-state index contributed by atoms with van der Waals surface area (Å²) in [6.45, 7) is 1.22. The summed E-state index contributed by atoms with van der Waals surface area (Å²) in [5.41, 5.74) is 1.86. The Morgan fingerprint density at radius 3 is 2.84 bits per heavy atom. The fourth-order valence-electron chi connectivity index (χ4n) is 1.63. The number of nitrogens with zero attached hydrogens (tertiary/aromatic N) is 2. The van der Waals surface area contributed by atoms with Crippen molar-refractivity contribution in [1.82, 2.24) is 9.78 Å². The lowest BCUT2D eigenvalue weighted by Crippen LogP contribution is -2.02. The van der Waals surface area contributed by atoms with E-state index in [0.29, 0.717) is 13.1 Å². The molecule has 0 aliphatic carbocycles. The molecule has 19 heavy (non-hydrogen) atoms. The van der Waals surface area contributed by atoms with Gasteiger partial charge in [0, 0.05) is 12.7 Å². The number of anilines is 1. The van der Waals surface area contributed by atoms with E-state index in [2.05, 4.69) is 10.4 Å². The van der Waals surface area contributed by atoms with Gasteiger partial charge in [-0.1, -0.05) is 24.3 Å². The summed E-state index contributed by atoms with van der Waals surface area (Å²) in [6.07, 6.45) is 7.42. The quantitative estimate of drug-likeness (QED) is 0.837. The molecule has 0 fully saturated rings. The Kier molecular flexibility index (Phi) is 4.69. The van der Waals surface area contributed by atoms with Gasteiger partial charge in [0.1, 0.15) is 5.82 Å². The summed E-state index contributed by atoms with van der Waals surface area (Å²) in [7, 11) is 0. The zero-order valence-electron chi connectivity index (χ0n) is 10.5. The number of nitrogens with one attached hydrogen (secondary N) is 1. The van der Waals surface area contributed by atoms with Crippen LogP contribution in [0.2, 0.25) is 0 Å². The van der Waals surface area contributed by atoms with E-state index in [-0.39, 0.29) is 12.4 Å². The Hall–Kier alpha value is -2.14. The van der Waals surface area contributed by atoms with Crippen molar-refractivity contribution in [2.24, 2.45) is 0 Å². The molecule has 0 saturated carbocycles. The Balaban J connectivity index is 1.80. The third-order valence-corrected chi connectivity index (χ3v) is 2.57. The van der Waals surface area contributed by atoms with Crippen LogP contribution in [0.4, 0.5) is 10.1 Å². The minimum absolute atomic E-state index is 0.0750. The Morgan fingerprint density at radius 2 is 2.11 bits per heavy atom. The van der Waals surface area contributed by atoms with Crippen molar-refractivity contribution < 1.29 is 9.50 Å². The van der Waals surface area contributed by atoms with Crippen LogP contribution in [0.15, 0.2) is 42.7 Å². The first kappa shape index (κ1) is 13.3. The first-order chi connectivity index (χ1) is 9.28. The van der Waals surface area contributed by atoms with Crippen LogP contribution in [-0.2, 0) is 6.54 Å². The number of benzene rings is 1. The molecule has 0 amide bonds. The minimum atomic E-state index is -0.230. The fourth-order valence-corrected chi connectivity index (χ4v) is 1.63. The molecule has 4 nitrogen and oxygen atoms in total. The van der Waals surface area contributed by atoms with Crippen LogP contribution in [-0.4, -0.2) is 28.0 Å². The van der Waals surface area contributed by atoms with Gasteiger partial charge in [0.25, 0.3) is 0 Å². The summed E-state index contributed by atoms with van der Waals surface area (Å²) in [4.78, 5) is 0. The van der Waals surface area contributed by atoms with E-state index in [1.807, 2.05) is 18.3 Å². The van der Waals surface area contributed by atoms with Crippen molar-refractivity contribution in [2.75, 3.05) is 18.5 Å². The Bertz CT molecular complexity index is 534. The lowest BCUT2D eigenvalue weighted by Gasteiger charge is -1.98. The highest BCUT2D eigenvalue weighted by Crippen LogP contribution is 2.06. The van der Waals surface area contributed by atoms with Crippen molar-refractivity contribution in [3.8, 4) is 0 Å². The SMILES string of the molecule is OCCn1cc(NC/C=C/c2ccc(F)cc2)cn1. The normalized spacial score (nSPS) is 11.1. The molecule has 2 N–H and O–H groups in total. The highest BCUT2D eigenvalue weighted by molar-refractivity contribution is 5.50. The second kappa shape index (κ2) is 6.70. The standard InChI is InChI=1S/C14H16FN3O/c15-13-5-3-12(4-6-13)2-1-7-16-14-10-17-18(11-14)8-9-19/h1-6,10-11,16,19H,7-9H2/b2-1+. The van der Waals surface area contributed by atoms with Crippen LogP contribution >= 0.6 is 0 Å². The average Bonchev–Trinajstić information content (AvgIpc) is 2.85. The Labute approximate surface area is 111 Å². The van der Waals surface area contributed by atoms with Gasteiger partial charge in [-0.05, 0) is 17.7 Å². The van der Waals surface area contributed by atoms with Gasteiger partial charge in [-0.3, -0.25) is 4.68 Å². The molecule has 0 aliphatic rings. The average molecular weight is 261 g/mol. The van der Waals surface area contributed by atoms with Crippen molar-refractivity contribution in [2.45, 2.75) is 6.54 Å². The largest absolute Gasteiger partial charge is 0.394 e. The van der Waals surface area contributed by atoms with E-state index < -0.39 is 0 Å². The molecule has 0 aliphatic heterocycles. The monoisotopic (exact) mass is 261 g/mol. The lowest BCUT2D eigenvalue weighted by molar-refractivity contribution is 0.269. The van der Waals surface area contributed by atoms with Crippen LogP contribution in [0.1, 0.15) is 5.56 Å². The van der Waals surface area contributed by atoms with E-state index >= 15 is 0 Å². The summed E-state index contributed by atoms with van der Waals surface area (Å²) < 4.78 is 14.4. The third-order valence-electron chi connectivity index (χ3n) is 2.57. The summed E-state index contributed by atoms with van der Waals surface area (Å²) in [6, 6.07) is 6.33. The van der Waals surface area contributed by atoms with Crippen LogP contribution in [0.25, 0.3) is 6.08 Å². The predicted molar refractivity (Wildman–Crippen MR) is 73.2 cm³/mol. The summed E-state index contributed by atoms with van der Waals surface area (Å²) in [5, 5.41) is 16.0. The van der Waals surface area contributed by atoms with Gasteiger partial charge >= 0.3 is 0 Å². The highest BCUT2D eigenvalue weighted by atomic mass is 19.1. The zero-order valence-corrected chi connectivity index (χ0v) is 10.5. The minimum Gasteiger partial charge on any atom is -0.394 e. The van der Waals surface area contributed by atoms with Gasteiger partial charge in [0.15, 0.2) is 0 Å². The lowest BCUT2D eigenvalue weighted by atomic mass is 10.2. The first-order valence-corrected chi connectivity index (χ1v) is 6.07. The smallest absolute Gasteiger partial charge is 0.123 e. The van der Waals surface area contributed by atoms with E-state index in [1.54, 1.807) is 23.0 Å². The summed E-state index contributed by atoms with van der Waals surface area (Å²) >= 11 is 0. The maximum absolute atomic E-state index is 12.7. The van der Waals surface area contributed by atoms with E-state index in [1.165, 1.54) is 12.1 Å². The maximum atomic E-state index is 12.7.